The van der Waals surface area contributed by atoms with Crippen molar-refractivity contribution in [2.75, 3.05) is 16.8 Å². The Bertz CT molecular complexity index is 675. The van der Waals surface area contributed by atoms with E-state index >= 15 is 0 Å². The molecule has 2 amide bonds. The first kappa shape index (κ1) is 13.4. The fraction of sp³-hybridized carbons (Fsp3) is 0.267. The third-order valence-corrected chi connectivity index (χ3v) is 3.47. The highest BCUT2D eigenvalue weighted by Gasteiger charge is 2.21. The van der Waals surface area contributed by atoms with E-state index in [9.17, 15) is 9.59 Å². The van der Waals surface area contributed by atoms with Crippen LogP contribution in [0.1, 0.15) is 23.2 Å². The van der Waals surface area contributed by atoms with Crippen LogP contribution in [0, 0.1) is 0 Å². The summed E-state index contributed by atoms with van der Waals surface area (Å²) in [5, 5.41) is 6.82. The lowest BCUT2D eigenvalue weighted by Crippen LogP contribution is -2.23. The van der Waals surface area contributed by atoms with Gasteiger partial charge in [0.1, 0.15) is 0 Å². The van der Waals surface area contributed by atoms with Gasteiger partial charge >= 0.3 is 0 Å². The van der Waals surface area contributed by atoms with Gasteiger partial charge in [0.15, 0.2) is 5.82 Å². The predicted molar refractivity (Wildman–Crippen MR) is 79.2 cm³/mol. The molecule has 1 aromatic heterocycles. The van der Waals surface area contributed by atoms with E-state index in [1.54, 1.807) is 53.2 Å². The molecule has 0 radical (unpaired) electrons. The van der Waals surface area contributed by atoms with Crippen molar-refractivity contribution < 1.29 is 9.59 Å². The summed E-state index contributed by atoms with van der Waals surface area (Å²) < 4.78 is 1.62. The van der Waals surface area contributed by atoms with Gasteiger partial charge in [-0.15, -0.1) is 0 Å². The van der Waals surface area contributed by atoms with Gasteiger partial charge in [-0.3, -0.25) is 14.3 Å². The molecule has 0 bridgehead atoms. The van der Waals surface area contributed by atoms with Gasteiger partial charge < -0.3 is 10.2 Å². The van der Waals surface area contributed by atoms with Crippen molar-refractivity contribution in [3.8, 4) is 0 Å². The number of aryl methyl sites for hydroxylation is 1. The molecule has 1 aromatic carbocycles. The topological polar surface area (TPSA) is 67.2 Å². The van der Waals surface area contributed by atoms with E-state index in [1.165, 1.54) is 0 Å². The molecule has 6 heteroatoms. The first-order valence-electron chi connectivity index (χ1n) is 6.85. The van der Waals surface area contributed by atoms with E-state index in [0.717, 1.165) is 18.7 Å². The molecule has 0 spiro atoms. The molecule has 3 rings (SSSR count). The second kappa shape index (κ2) is 5.40. The van der Waals surface area contributed by atoms with Crippen LogP contribution in [-0.4, -0.2) is 28.1 Å². The Morgan fingerprint density at radius 2 is 2.00 bits per heavy atom. The molecule has 0 unspecified atom stereocenters. The number of amides is 2. The molecule has 1 N–H and O–H groups in total. The lowest BCUT2D eigenvalue weighted by Gasteiger charge is -2.15. The van der Waals surface area contributed by atoms with Crippen LogP contribution in [0.5, 0.6) is 0 Å². The molecular formula is C15H16N4O2. The van der Waals surface area contributed by atoms with Crippen molar-refractivity contribution in [2.45, 2.75) is 12.8 Å². The minimum absolute atomic E-state index is 0.140. The van der Waals surface area contributed by atoms with Crippen LogP contribution in [0.3, 0.4) is 0 Å². The van der Waals surface area contributed by atoms with Gasteiger partial charge in [0.05, 0.1) is 0 Å². The van der Waals surface area contributed by atoms with Gasteiger partial charge in [-0.25, -0.2) is 0 Å². The molecule has 108 valence electrons. The first-order valence-corrected chi connectivity index (χ1v) is 6.85. The van der Waals surface area contributed by atoms with Crippen LogP contribution < -0.4 is 10.2 Å². The van der Waals surface area contributed by atoms with Crippen LogP contribution in [0.25, 0.3) is 0 Å². The summed E-state index contributed by atoms with van der Waals surface area (Å²) in [6.07, 6.45) is 3.25. The summed E-state index contributed by atoms with van der Waals surface area (Å²) in [5.74, 6) is 0.440. The van der Waals surface area contributed by atoms with Gasteiger partial charge in [0.25, 0.3) is 5.91 Å². The third kappa shape index (κ3) is 2.79. The summed E-state index contributed by atoms with van der Waals surface area (Å²) in [4.78, 5) is 25.5. The van der Waals surface area contributed by atoms with Crippen molar-refractivity contribution in [3.63, 3.8) is 0 Å². The highest BCUT2D eigenvalue weighted by molar-refractivity contribution is 6.04. The van der Waals surface area contributed by atoms with Gasteiger partial charge in [0.2, 0.25) is 5.91 Å². The molecule has 2 aromatic rings. The maximum absolute atomic E-state index is 12.1. The number of anilines is 2. The van der Waals surface area contributed by atoms with E-state index in [2.05, 4.69) is 10.4 Å². The van der Waals surface area contributed by atoms with Gasteiger partial charge in [-0.1, -0.05) is 0 Å². The lowest BCUT2D eigenvalue weighted by atomic mass is 10.2. The summed E-state index contributed by atoms with van der Waals surface area (Å²) in [6.45, 7) is 0.748. The summed E-state index contributed by atoms with van der Waals surface area (Å²) in [7, 11) is 1.79. The SMILES string of the molecule is Cn1ccc(NC(=O)c2ccc(N3CCCC3=O)cc2)n1. The molecule has 2 heterocycles. The molecule has 1 aliphatic heterocycles. The Hall–Kier alpha value is -2.63. The van der Waals surface area contributed by atoms with E-state index in [0.29, 0.717) is 17.8 Å². The van der Waals surface area contributed by atoms with Gasteiger partial charge in [0, 0.05) is 43.5 Å². The smallest absolute Gasteiger partial charge is 0.256 e. The number of benzene rings is 1. The Morgan fingerprint density at radius 3 is 2.57 bits per heavy atom. The van der Waals surface area contributed by atoms with Crippen molar-refractivity contribution in [3.05, 3.63) is 42.1 Å². The van der Waals surface area contributed by atoms with Gasteiger partial charge in [-0.2, -0.15) is 5.10 Å². The number of hydrogen-bond acceptors (Lipinski definition) is 3. The first-order chi connectivity index (χ1) is 10.1. The number of carbonyl (C=O) groups is 2. The second-order valence-corrected chi connectivity index (χ2v) is 5.02. The molecule has 0 saturated carbocycles. The average molecular weight is 284 g/mol. The summed E-state index contributed by atoms with van der Waals surface area (Å²) in [5.41, 5.74) is 1.38. The largest absolute Gasteiger partial charge is 0.312 e. The zero-order chi connectivity index (χ0) is 14.8. The standard InChI is InChI=1S/C15H16N4O2/c1-18-10-8-13(17-18)16-15(21)11-4-6-12(7-5-11)19-9-2-3-14(19)20/h4-8,10H,2-3,9H2,1H3,(H,16,17,21). The van der Waals surface area contributed by atoms with E-state index in [1.807, 2.05) is 0 Å². The molecule has 0 atom stereocenters. The average Bonchev–Trinajstić information content (AvgIpc) is 3.08. The normalized spacial score (nSPS) is 14.5. The molecule has 1 aliphatic rings. The molecule has 6 nitrogen and oxygen atoms in total. The quantitative estimate of drug-likeness (QED) is 0.934. The maximum atomic E-state index is 12.1. The zero-order valence-corrected chi connectivity index (χ0v) is 11.7. The lowest BCUT2D eigenvalue weighted by molar-refractivity contribution is -0.117. The Kier molecular flexibility index (Phi) is 3.43. The van der Waals surface area contributed by atoms with Crippen LogP contribution in [-0.2, 0) is 11.8 Å². The minimum atomic E-state index is -0.215. The highest BCUT2D eigenvalue weighted by Crippen LogP contribution is 2.21. The van der Waals surface area contributed by atoms with Crippen molar-refractivity contribution in [1.29, 1.82) is 0 Å². The fourth-order valence-electron chi connectivity index (χ4n) is 2.38. The third-order valence-electron chi connectivity index (χ3n) is 3.47. The molecular weight excluding hydrogens is 268 g/mol. The summed E-state index contributed by atoms with van der Waals surface area (Å²) >= 11 is 0. The molecule has 1 fully saturated rings. The van der Waals surface area contributed by atoms with Crippen LogP contribution in [0.2, 0.25) is 0 Å². The molecule has 1 saturated heterocycles. The van der Waals surface area contributed by atoms with Crippen LogP contribution >= 0.6 is 0 Å². The molecule has 21 heavy (non-hydrogen) atoms. The number of aromatic nitrogens is 2. The van der Waals surface area contributed by atoms with Crippen LogP contribution in [0.15, 0.2) is 36.5 Å². The minimum Gasteiger partial charge on any atom is -0.312 e. The fourth-order valence-corrected chi connectivity index (χ4v) is 2.38. The number of nitrogens with one attached hydrogen (secondary N) is 1. The van der Waals surface area contributed by atoms with Crippen molar-refractivity contribution in [1.82, 2.24) is 9.78 Å². The monoisotopic (exact) mass is 284 g/mol. The number of rotatable bonds is 3. The van der Waals surface area contributed by atoms with E-state index in [4.69, 9.17) is 0 Å². The Balaban J connectivity index is 1.71. The van der Waals surface area contributed by atoms with Crippen molar-refractivity contribution >= 4 is 23.3 Å². The Labute approximate surface area is 122 Å². The highest BCUT2D eigenvalue weighted by atomic mass is 16.2. The number of nitrogens with zero attached hydrogens (tertiary/aromatic N) is 3. The van der Waals surface area contributed by atoms with Crippen LogP contribution in [0.4, 0.5) is 11.5 Å². The summed E-state index contributed by atoms with van der Waals surface area (Å²) in [6, 6.07) is 8.78. The van der Waals surface area contributed by atoms with Gasteiger partial charge in [-0.05, 0) is 30.7 Å². The zero-order valence-electron chi connectivity index (χ0n) is 11.7. The van der Waals surface area contributed by atoms with E-state index in [-0.39, 0.29) is 11.8 Å². The number of hydrogen-bond donors (Lipinski definition) is 1. The molecule has 0 aliphatic carbocycles. The van der Waals surface area contributed by atoms with Crippen molar-refractivity contribution in [2.24, 2.45) is 7.05 Å². The Morgan fingerprint density at radius 1 is 1.24 bits per heavy atom. The second-order valence-electron chi connectivity index (χ2n) is 5.02. The number of carbonyl (C=O) groups excluding carboxylic acids is 2. The van der Waals surface area contributed by atoms with E-state index < -0.39 is 0 Å². The maximum Gasteiger partial charge on any atom is 0.256 e. The predicted octanol–water partition coefficient (Wildman–Crippen LogP) is 1.80.